The third-order valence-corrected chi connectivity index (χ3v) is 4.52. The number of ether oxygens (including phenoxy) is 1. The first-order chi connectivity index (χ1) is 10.2. The Morgan fingerprint density at radius 2 is 1.67 bits per heavy atom. The molecular formula is C17H14O3S. The number of esters is 1. The highest BCUT2D eigenvalue weighted by atomic mass is 32.1. The van der Waals surface area contributed by atoms with Gasteiger partial charge in [0.15, 0.2) is 5.43 Å². The predicted octanol–water partition coefficient (Wildman–Crippen LogP) is 3.66. The van der Waals surface area contributed by atoms with E-state index in [2.05, 4.69) is 4.74 Å². The van der Waals surface area contributed by atoms with Crippen LogP contribution >= 0.6 is 11.3 Å². The van der Waals surface area contributed by atoms with Crippen LogP contribution in [0.5, 0.6) is 0 Å². The average molecular weight is 298 g/mol. The fourth-order valence-electron chi connectivity index (χ4n) is 2.20. The Hall–Kier alpha value is -2.20. The van der Waals surface area contributed by atoms with Crippen molar-refractivity contribution in [2.24, 2.45) is 0 Å². The molecule has 1 fully saturated rings. The van der Waals surface area contributed by atoms with Gasteiger partial charge in [0.25, 0.3) is 0 Å². The quantitative estimate of drug-likeness (QED) is 0.470. The van der Waals surface area contributed by atoms with Crippen LogP contribution in [0.3, 0.4) is 0 Å². The van der Waals surface area contributed by atoms with Crippen molar-refractivity contribution in [3.05, 3.63) is 58.3 Å². The van der Waals surface area contributed by atoms with E-state index in [0.29, 0.717) is 13.0 Å². The molecule has 0 unspecified atom stereocenters. The third kappa shape index (κ3) is 2.67. The monoisotopic (exact) mass is 298 g/mol. The number of cyclic esters (lactones) is 1. The maximum atomic E-state index is 12.3. The summed E-state index contributed by atoms with van der Waals surface area (Å²) < 4.78 is 6.43. The standard InChI is InChI=1S/C14H10OS.C3H4O2/c1-9-5-4-8-12-13(9)14(15)10-6-2-3-7-11(10)16-12;4-3-1-2-5-3/h2-8H,1H3;1-2H2. The fourth-order valence-corrected chi connectivity index (χ4v) is 3.36. The lowest BCUT2D eigenvalue weighted by atomic mass is 10.1. The highest BCUT2D eigenvalue weighted by molar-refractivity contribution is 7.24. The Labute approximate surface area is 125 Å². The summed E-state index contributed by atoms with van der Waals surface area (Å²) in [4.78, 5) is 22.0. The summed E-state index contributed by atoms with van der Waals surface area (Å²) in [7, 11) is 0. The van der Waals surface area contributed by atoms with Gasteiger partial charge in [0, 0.05) is 20.2 Å². The zero-order valence-electron chi connectivity index (χ0n) is 11.6. The van der Waals surface area contributed by atoms with Crippen LogP contribution in [0.2, 0.25) is 0 Å². The molecule has 0 saturated carbocycles. The minimum Gasteiger partial charge on any atom is -0.465 e. The highest BCUT2D eigenvalue weighted by Crippen LogP contribution is 2.25. The summed E-state index contributed by atoms with van der Waals surface area (Å²) in [6, 6.07) is 13.8. The molecule has 4 heteroatoms. The number of hydrogen-bond donors (Lipinski definition) is 0. The van der Waals surface area contributed by atoms with Crippen LogP contribution in [-0.4, -0.2) is 12.6 Å². The van der Waals surface area contributed by atoms with Crippen LogP contribution in [0.25, 0.3) is 20.2 Å². The van der Waals surface area contributed by atoms with Crippen molar-refractivity contribution < 1.29 is 9.53 Å². The van der Waals surface area contributed by atoms with Gasteiger partial charge in [0.05, 0.1) is 6.42 Å². The molecule has 0 N–H and O–H groups in total. The smallest absolute Gasteiger partial charge is 0.309 e. The van der Waals surface area contributed by atoms with Gasteiger partial charge in [-0.3, -0.25) is 9.59 Å². The molecular weight excluding hydrogens is 284 g/mol. The van der Waals surface area contributed by atoms with Gasteiger partial charge in [-0.15, -0.1) is 11.3 Å². The van der Waals surface area contributed by atoms with Crippen molar-refractivity contribution in [3.8, 4) is 0 Å². The van der Waals surface area contributed by atoms with Crippen LogP contribution in [0, 0.1) is 6.92 Å². The number of benzene rings is 2. The zero-order chi connectivity index (χ0) is 14.8. The maximum Gasteiger partial charge on any atom is 0.309 e. The first-order valence-electron chi connectivity index (χ1n) is 6.73. The third-order valence-electron chi connectivity index (χ3n) is 3.38. The van der Waals surface area contributed by atoms with Gasteiger partial charge >= 0.3 is 5.97 Å². The van der Waals surface area contributed by atoms with Gasteiger partial charge in [-0.05, 0) is 30.7 Å². The van der Waals surface area contributed by atoms with Crippen LogP contribution in [0.15, 0.2) is 47.3 Å². The van der Waals surface area contributed by atoms with Crippen LogP contribution in [-0.2, 0) is 9.53 Å². The van der Waals surface area contributed by atoms with Gasteiger partial charge in [-0.2, -0.15) is 0 Å². The highest BCUT2D eigenvalue weighted by Gasteiger charge is 2.11. The molecule has 0 amide bonds. The van der Waals surface area contributed by atoms with Gasteiger partial charge in [0.1, 0.15) is 6.61 Å². The van der Waals surface area contributed by atoms with E-state index in [9.17, 15) is 9.59 Å². The number of carbonyl (C=O) groups excluding carboxylic acids is 1. The van der Waals surface area contributed by atoms with E-state index in [1.165, 1.54) is 0 Å². The number of fused-ring (bicyclic) bond motifs is 2. The van der Waals surface area contributed by atoms with Gasteiger partial charge in [-0.1, -0.05) is 24.3 Å². The second-order valence-corrected chi connectivity index (χ2v) is 5.93. The second-order valence-electron chi connectivity index (χ2n) is 4.85. The van der Waals surface area contributed by atoms with Crippen LogP contribution in [0.4, 0.5) is 0 Å². The summed E-state index contributed by atoms with van der Waals surface area (Å²) in [5, 5.41) is 1.69. The Balaban J connectivity index is 0.000000225. The van der Waals surface area contributed by atoms with Crippen molar-refractivity contribution in [2.45, 2.75) is 13.3 Å². The molecule has 3 nitrogen and oxygen atoms in total. The molecule has 3 aromatic rings. The molecule has 2 heterocycles. The molecule has 0 spiro atoms. The SMILES string of the molecule is Cc1cccc2sc3ccccc3c(=O)c12.O=C1CCO1. The number of hydrogen-bond acceptors (Lipinski definition) is 4. The lowest BCUT2D eigenvalue weighted by molar-refractivity contribution is -0.157. The van der Waals surface area contributed by atoms with Crippen molar-refractivity contribution in [1.82, 2.24) is 0 Å². The molecule has 1 aliphatic heterocycles. The molecule has 1 aromatic heterocycles. The molecule has 2 aromatic carbocycles. The molecule has 21 heavy (non-hydrogen) atoms. The first-order valence-corrected chi connectivity index (χ1v) is 7.55. The Morgan fingerprint density at radius 3 is 2.33 bits per heavy atom. The average Bonchev–Trinajstić information content (AvgIpc) is 2.46. The number of aryl methyl sites for hydroxylation is 1. The van der Waals surface area contributed by atoms with Gasteiger partial charge in [-0.25, -0.2) is 0 Å². The van der Waals surface area contributed by atoms with E-state index in [4.69, 9.17) is 0 Å². The van der Waals surface area contributed by atoms with Crippen LogP contribution < -0.4 is 5.43 Å². The Morgan fingerprint density at radius 1 is 1.00 bits per heavy atom. The Kier molecular flexibility index (Phi) is 3.71. The predicted molar refractivity (Wildman–Crippen MR) is 85.9 cm³/mol. The van der Waals surface area contributed by atoms with Crippen molar-refractivity contribution in [1.29, 1.82) is 0 Å². The van der Waals surface area contributed by atoms with Gasteiger partial charge < -0.3 is 4.74 Å². The van der Waals surface area contributed by atoms with E-state index in [0.717, 1.165) is 25.7 Å². The first kappa shape index (κ1) is 13.8. The van der Waals surface area contributed by atoms with E-state index in [-0.39, 0.29) is 11.4 Å². The summed E-state index contributed by atoms with van der Waals surface area (Å²) in [6.07, 6.45) is 0.625. The zero-order valence-corrected chi connectivity index (χ0v) is 12.4. The van der Waals surface area contributed by atoms with E-state index < -0.39 is 0 Å². The minimum absolute atomic E-state index is 0.0648. The summed E-state index contributed by atoms with van der Waals surface area (Å²) in [5.41, 5.74) is 1.21. The molecule has 0 radical (unpaired) electrons. The maximum absolute atomic E-state index is 12.3. The molecule has 4 rings (SSSR count). The number of carbonyl (C=O) groups is 1. The summed E-state index contributed by atoms with van der Waals surface area (Å²) in [6.45, 7) is 2.63. The van der Waals surface area contributed by atoms with E-state index in [1.54, 1.807) is 11.3 Å². The normalized spacial score (nSPS) is 13.3. The van der Waals surface area contributed by atoms with Gasteiger partial charge in [0.2, 0.25) is 0 Å². The van der Waals surface area contributed by atoms with Crippen LogP contribution in [0.1, 0.15) is 12.0 Å². The van der Waals surface area contributed by atoms with E-state index >= 15 is 0 Å². The van der Waals surface area contributed by atoms with E-state index in [1.807, 2.05) is 49.4 Å². The van der Waals surface area contributed by atoms with Crippen molar-refractivity contribution in [2.75, 3.05) is 6.61 Å². The lowest BCUT2D eigenvalue weighted by Crippen LogP contribution is -2.18. The van der Waals surface area contributed by atoms with Crippen molar-refractivity contribution >= 4 is 37.5 Å². The fraction of sp³-hybridized carbons (Fsp3) is 0.176. The summed E-state index contributed by atoms with van der Waals surface area (Å²) in [5.74, 6) is -0.0648. The molecule has 0 aliphatic carbocycles. The number of rotatable bonds is 0. The Bertz CT molecular complexity index is 874. The topological polar surface area (TPSA) is 43.4 Å². The molecule has 1 aliphatic rings. The van der Waals surface area contributed by atoms with Crippen molar-refractivity contribution in [3.63, 3.8) is 0 Å². The summed E-state index contributed by atoms with van der Waals surface area (Å²) >= 11 is 1.68. The molecule has 106 valence electrons. The molecule has 0 bridgehead atoms. The minimum atomic E-state index is -0.0648. The molecule has 0 atom stereocenters. The second kappa shape index (κ2) is 5.66. The largest absolute Gasteiger partial charge is 0.465 e. The lowest BCUT2D eigenvalue weighted by Gasteiger charge is -2.09. The molecule has 1 saturated heterocycles.